The fraction of sp³-hybridized carbons (Fsp3) is 0.308. The number of carboxylic acid groups (broad SMARTS) is 1. The molecule has 0 spiro atoms. The van der Waals surface area contributed by atoms with E-state index in [0.29, 0.717) is 6.42 Å². The van der Waals surface area contributed by atoms with Crippen LogP contribution in [0.25, 0.3) is 0 Å². The molecule has 1 atom stereocenters. The number of urea groups is 1. The second-order valence-electron chi connectivity index (χ2n) is 4.19. The molecular weight excluding hydrogens is 262 g/mol. The van der Waals surface area contributed by atoms with Crippen LogP contribution in [0.15, 0.2) is 24.3 Å². The largest absolute Gasteiger partial charge is 0.478 e. The van der Waals surface area contributed by atoms with Gasteiger partial charge >= 0.3 is 12.0 Å². The molecule has 1 rings (SSSR count). The van der Waals surface area contributed by atoms with Gasteiger partial charge in [-0.3, -0.25) is 4.79 Å². The zero-order valence-electron chi connectivity index (χ0n) is 11.1. The van der Waals surface area contributed by atoms with Gasteiger partial charge in [-0.15, -0.1) is 0 Å². The van der Waals surface area contributed by atoms with Crippen molar-refractivity contribution in [3.8, 4) is 0 Å². The molecule has 0 unspecified atom stereocenters. The zero-order valence-corrected chi connectivity index (χ0v) is 11.1. The normalized spacial score (nSPS) is 11.4. The van der Waals surface area contributed by atoms with Crippen LogP contribution < -0.4 is 16.4 Å². The van der Waals surface area contributed by atoms with Crippen molar-refractivity contribution in [2.45, 2.75) is 25.9 Å². The summed E-state index contributed by atoms with van der Waals surface area (Å²) in [7, 11) is 0. The number of nitrogens with two attached hydrogens (primary N) is 1. The smallest absolute Gasteiger partial charge is 0.335 e. The first-order chi connectivity index (χ1) is 9.43. The molecular formula is C13H17N3O4. The Morgan fingerprint density at radius 3 is 2.30 bits per heavy atom. The topological polar surface area (TPSA) is 122 Å². The number of primary amides is 1. The summed E-state index contributed by atoms with van der Waals surface area (Å²) < 4.78 is 0. The van der Waals surface area contributed by atoms with Gasteiger partial charge in [-0.05, 0) is 24.1 Å². The van der Waals surface area contributed by atoms with Gasteiger partial charge in [0.2, 0.25) is 5.91 Å². The molecule has 3 amide bonds. The molecule has 5 N–H and O–H groups in total. The van der Waals surface area contributed by atoms with Crippen LogP contribution in [0.5, 0.6) is 0 Å². The summed E-state index contributed by atoms with van der Waals surface area (Å²) in [6.45, 7) is 1.96. The predicted molar refractivity (Wildman–Crippen MR) is 72.0 cm³/mol. The fourth-order valence-electron chi connectivity index (χ4n) is 1.53. The van der Waals surface area contributed by atoms with Gasteiger partial charge in [-0.1, -0.05) is 19.1 Å². The maximum Gasteiger partial charge on any atom is 0.335 e. The lowest BCUT2D eigenvalue weighted by molar-refractivity contribution is -0.119. The molecule has 0 heterocycles. The van der Waals surface area contributed by atoms with Crippen molar-refractivity contribution in [2.75, 3.05) is 0 Å². The molecule has 1 aromatic rings. The Bertz CT molecular complexity index is 499. The van der Waals surface area contributed by atoms with E-state index in [1.807, 2.05) is 0 Å². The molecule has 7 heteroatoms. The number of carboxylic acids is 1. The Hall–Kier alpha value is -2.57. The Kier molecular flexibility index (Phi) is 5.52. The number of amides is 3. The van der Waals surface area contributed by atoms with Crippen molar-refractivity contribution in [3.63, 3.8) is 0 Å². The number of benzene rings is 1. The van der Waals surface area contributed by atoms with E-state index in [1.165, 1.54) is 12.1 Å². The lowest BCUT2D eigenvalue weighted by Crippen LogP contribution is -2.47. The summed E-state index contributed by atoms with van der Waals surface area (Å²) in [6.07, 6.45) is 0.413. The predicted octanol–water partition coefficient (Wildman–Crippen LogP) is 0.448. The number of hydrogen-bond donors (Lipinski definition) is 4. The number of hydrogen-bond acceptors (Lipinski definition) is 3. The van der Waals surface area contributed by atoms with Gasteiger partial charge in [-0.25, -0.2) is 9.59 Å². The Morgan fingerprint density at radius 1 is 1.25 bits per heavy atom. The lowest BCUT2D eigenvalue weighted by Gasteiger charge is -2.14. The van der Waals surface area contributed by atoms with Crippen LogP contribution in [-0.4, -0.2) is 29.1 Å². The molecule has 0 saturated heterocycles. The molecule has 0 fully saturated rings. The van der Waals surface area contributed by atoms with E-state index in [1.54, 1.807) is 19.1 Å². The fourth-order valence-corrected chi connectivity index (χ4v) is 1.53. The standard InChI is InChI=1S/C13H17N3O4/c1-2-10(11(14)17)16-13(20)15-7-8-3-5-9(6-4-8)12(18)19/h3-6,10H,2,7H2,1H3,(H2,14,17)(H,18,19)(H2,15,16,20)/t10-/m1/s1. The Balaban J connectivity index is 2.48. The minimum Gasteiger partial charge on any atom is -0.478 e. The van der Waals surface area contributed by atoms with Gasteiger partial charge in [0, 0.05) is 6.54 Å². The van der Waals surface area contributed by atoms with E-state index in [0.717, 1.165) is 5.56 Å². The maximum atomic E-state index is 11.5. The minimum atomic E-state index is -1.01. The third-order valence-corrected chi connectivity index (χ3v) is 2.71. The van der Waals surface area contributed by atoms with Crippen LogP contribution in [0.1, 0.15) is 29.3 Å². The van der Waals surface area contributed by atoms with Crippen molar-refractivity contribution < 1.29 is 19.5 Å². The summed E-state index contributed by atoms with van der Waals surface area (Å²) in [5.41, 5.74) is 6.04. The van der Waals surface area contributed by atoms with Crippen LogP contribution in [0.2, 0.25) is 0 Å². The van der Waals surface area contributed by atoms with Crippen LogP contribution in [-0.2, 0) is 11.3 Å². The quantitative estimate of drug-likeness (QED) is 0.603. The number of rotatable bonds is 6. The Morgan fingerprint density at radius 2 is 1.85 bits per heavy atom. The van der Waals surface area contributed by atoms with Crippen molar-refractivity contribution in [3.05, 3.63) is 35.4 Å². The van der Waals surface area contributed by atoms with Gasteiger partial charge in [0.1, 0.15) is 6.04 Å². The van der Waals surface area contributed by atoms with Crippen LogP contribution in [0, 0.1) is 0 Å². The molecule has 108 valence electrons. The molecule has 20 heavy (non-hydrogen) atoms. The summed E-state index contributed by atoms with van der Waals surface area (Å²) in [5.74, 6) is -1.59. The van der Waals surface area contributed by atoms with Crippen molar-refractivity contribution in [1.29, 1.82) is 0 Å². The van der Waals surface area contributed by atoms with Crippen molar-refractivity contribution in [2.24, 2.45) is 5.73 Å². The average molecular weight is 279 g/mol. The van der Waals surface area contributed by atoms with E-state index in [-0.39, 0.29) is 12.1 Å². The minimum absolute atomic E-state index is 0.179. The van der Waals surface area contributed by atoms with Gasteiger partial charge in [-0.2, -0.15) is 0 Å². The third kappa shape index (κ3) is 4.60. The Labute approximate surface area is 116 Å². The molecule has 1 aromatic carbocycles. The number of aromatic carboxylic acids is 1. The lowest BCUT2D eigenvalue weighted by atomic mass is 10.1. The molecule has 0 aromatic heterocycles. The first kappa shape index (κ1) is 15.5. The van der Waals surface area contributed by atoms with E-state index >= 15 is 0 Å². The van der Waals surface area contributed by atoms with E-state index in [4.69, 9.17) is 10.8 Å². The summed E-state index contributed by atoms with van der Waals surface area (Å²) in [5, 5.41) is 13.8. The number of carbonyl (C=O) groups is 3. The SMILES string of the molecule is CC[C@@H](NC(=O)NCc1ccc(C(=O)O)cc1)C(N)=O. The molecule has 0 aliphatic heterocycles. The molecule has 0 radical (unpaired) electrons. The second-order valence-corrected chi connectivity index (χ2v) is 4.19. The summed E-state index contributed by atoms with van der Waals surface area (Å²) in [6, 6.07) is 4.91. The van der Waals surface area contributed by atoms with Crippen LogP contribution >= 0.6 is 0 Å². The third-order valence-electron chi connectivity index (χ3n) is 2.71. The number of carbonyl (C=O) groups excluding carboxylic acids is 2. The van der Waals surface area contributed by atoms with Gasteiger partial charge in [0.25, 0.3) is 0 Å². The molecule has 0 aliphatic carbocycles. The maximum absolute atomic E-state index is 11.5. The molecule has 0 aliphatic rings. The summed E-state index contributed by atoms with van der Waals surface area (Å²) >= 11 is 0. The molecule has 0 bridgehead atoms. The van der Waals surface area contributed by atoms with Crippen molar-refractivity contribution in [1.82, 2.24) is 10.6 Å². The highest BCUT2D eigenvalue weighted by Gasteiger charge is 2.15. The second kappa shape index (κ2) is 7.13. The highest BCUT2D eigenvalue weighted by molar-refractivity contribution is 5.87. The van der Waals surface area contributed by atoms with Crippen LogP contribution in [0.3, 0.4) is 0 Å². The van der Waals surface area contributed by atoms with E-state index in [9.17, 15) is 14.4 Å². The highest BCUT2D eigenvalue weighted by atomic mass is 16.4. The van der Waals surface area contributed by atoms with E-state index < -0.39 is 23.9 Å². The van der Waals surface area contributed by atoms with E-state index in [2.05, 4.69) is 10.6 Å². The average Bonchev–Trinajstić information content (AvgIpc) is 2.42. The highest BCUT2D eigenvalue weighted by Crippen LogP contribution is 2.04. The monoisotopic (exact) mass is 279 g/mol. The van der Waals surface area contributed by atoms with Crippen LogP contribution in [0.4, 0.5) is 4.79 Å². The molecule has 0 saturated carbocycles. The first-order valence-electron chi connectivity index (χ1n) is 6.10. The number of nitrogens with one attached hydrogen (secondary N) is 2. The summed E-state index contributed by atoms with van der Waals surface area (Å²) in [4.78, 5) is 33.2. The zero-order chi connectivity index (χ0) is 15.1. The molecule has 7 nitrogen and oxygen atoms in total. The van der Waals surface area contributed by atoms with Gasteiger partial charge in [0.15, 0.2) is 0 Å². The first-order valence-corrected chi connectivity index (χ1v) is 6.10. The van der Waals surface area contributed by atoms with Gasteiger partial charge < -0.3 is 21.5 Å². The van der Waals surface area contributed by atoms with Crippen molar-refractivity contribution >= 4 is 17.9 Å². The van der Waals surface area contributed by atoms with Gasteiger partial charge in [0.05, 0.1) is 5.56 Å².